The van der Waals surface area contributed by atoms with Crippen LogP contribution in [-0.2, 0) is 25.0 Å². The largest absolute Gasteiger partial charge is 0.506 e. The number of unbranched alkanes of at least 4 members (excludes halogenated alkanes) is 9. The minimum atomic E-state index is -5.09. The summed E-state index contributed by atoms with van der Waals surface area (Å²) in [7, 11) is -9.93. The van der Waals surface area contributed by atoms with Gasteiger partial charge in [0, 0.05) is 88.7 Å². The molecule has 328 valence electrons. The first-order valence-electron chi connectivity index (χ1n) is 19.9. The second kappa shape index (κ2) is 25.0. The average molecular weight is 925 g/mol. The van der Waals surface area contributed by atoms with Crippen LogP contribution >= 0.6 is 0 Å². The zero-order chi connectivity index (χ0) is 44.2. The van der Waals surface area contributed by atoms with Crippen molar-refractivity contribution in [3.05, 3.63) is 78.4 Å². The Kier molecular flexibility index (Phi) is 21.3. The third-order valence-corrected chi connectivity index (χ3v) is 11.5. The van der Waals surface area contributed by atoms with Gasteiger partial charge in [-0.2, -0.15) is 21.9 Å². The summed E-state index contributed by atoms with van der Waals surface area (Å²) < 4.78 is 79.9. The van der Waals surface area contributed by atoms with Gasteiger partial charge in [-0.15, -0.1) is 5.11 Å². The van der Waals surface area contributed by atoms with E-state index in [9.17, 15) is 45.7 Å². The Morgan fingerprint density at radius 1 is 0.698 bits per heavy atom. The number of phenols is 2. The first kappa shape index (κ1) is 53.5. The third-order valence-electron chi connectivity index (χ3n) is 9.76. The summed E-state index contributed by atoms with van der Waals surface area (Å²) in [6.07, 6.45) is 11.8. The molecule has 0 heterocycles. The van der Waals surface area contributed by atoms with Crippen molar-refractivity contribution in [2.75, 3.05) is 25.1 Å². The van der Waals surface area contributed by atoms with Gasteiger partial charge in [0.2, 0.25) is 5.91 Å². The van der Waals surface area contributed by atoms with E-state index in [0.717, 1.165) is 44.4 Å². The normalized spacial score (nSPS) is 11.6. The van der Waals surface area contributed by atoms with Gasteiger partial charge in [-0.3, -0.25) is 18.7 Å². The van der Waals surface area contributed by atoms with Gasteiger partial charge in [-0.25, -0.2) is 0 Å². The molecule has 5 aromatic rings. The number of anilines is 1. The van der Waals surface area contributed by atoms with Gasteiger partial charge in [0.05, 0.1) is 21.8 Å². The number of hydrogen-bond acceptors (Lipinski definition) is 12. The summed E-state index contributed by atoms with van der Waals surface area (Å²) in [4.78, 5) is 23.4. The maximum absolute atomic E-state index is 13.2. The van der Waals surface area contributed by atoms with Crippen molar-refractivity contribution in [2.45, 2.75) is 87.8 Å². The second-order valence-electron chi connectivity index (χ2n) is 14.4. The molecule has 0 aliphatic carbocycles. The standard InChI is InChI=1S/C43H50N4O12S2.2Na/c1-3-4-5-6-7-8-9-10-11-14-21-44-43(51)35-27-37(33-15-12-13-16-34(33)41(35)49)59-23-22-58-31-19-17-30(18-20-31)46-47-40-38(61(55,56)57)25-29-24-32(60(52,53)54)26-36(45-28(2)48)39(29)42(40)50;;/h12-13,15-20,24-27,49-50H,3-11,14,21-23H2,1-2H3,(H,44,51)(H,45,48)(H,52,53,54)(H,55,56,57);;. The van der Waals surface area contributed by atoms with E-state index in [1.54, 1.807) is 24.3 Å². The summed E-state index contributed by atoms with van der Waals surface area (Å²) in [5, 5.41) is 35.8. The molecule has 63 heavy (non-hydrogen) atoms. The van der Waals surface area contributed by atoms with Crippen LogP contribution in [0.5, 0.6) is 23.0 Å². The number of nitrogens with one attached hydrogen (secondary N) is 2. The molecule has 6 N–H and O–H groups in total. The number of fused-ring (bicyclic) bond motifs is 2. The Bertz CT molecular complexity index is 2630. The molecule has 0 atom stereocenters. The van der Waals surface area contributed by atoms with Gasteiger partial charge in [0.15, 0.2) is 5.75 Å². The maximum Gasteiger partial charge on any atom is 0.296 e. The van der Waals surface area contributed by atoms with Gasteiger partial charge in [0.25, 0.3) is 26.1 Å². The van der Waals surface area contributed by atoms with Crippen molar-refractivity contribution in [1.29, 1.82) is 0 Å². The van der Waals surface area contributed by atoms with Crippen molar-refractivity contribution in [1.82, 2.24) is 5.32 Å². The van der Waals surface area contributed by atoms with Crippen LogP contribution in [0.4, 0.5) is 17.1 Å². The van der Waals surface area contributed by atoms with Crippen LogP contribution in [0.1, 0.15) is 88.4 Å². The minimum absolute atomic E-state index is 0. The van der Waals surface area contributed by atoms with Crippen LogP contribution in [0.2, 0.25) is 0 Å². The molecule has 0 fully saturated rings. The Hall–Kier alpha value is -3.82. The number of aromatic hydroxyl groups is 2. The molecule has 0 aromatic heterocycles. The molecule has 5 rings (SSSR count). The van der Waals surface area contributed by atoms with Crippen molar-refractivity contribution < 1.29 is 55.2 Å². The smallest absolute Gasteiger partial charge is 0.296 e. The van der Waals surface area contributed by atoms with Crippen LogP contribution in [0.3, 0.4) is 0 Å². The number of benzene rings is 5. The Morgan fingerprint density at radius 2 is 1.30 bits per heavy atom. The van der Waals surface area contributed by atoms with Crippen LogP contribution in [0, 0.1) is 0 Å². The number of azo groups is 1. The van der Waals surface area contributed by atoms with E-state index in [4.69, 9.17) is 9.47 Å². The summed E-state index contributed by atoms with van der Waals surface area (Å²) >= 11 is 0. The van der Waals surface area contributed by atoms with Gasteiger partial charge in [0.1, 0.15) is 41.0 Å². The molecule has 0 aliphatic rings. The third kappa shape index (κ3) is 15.1. The van der Waals surface area contributed by atoms with E-state index in [1.165, 1.54) is 75.3 Å². The molecular formula is C43H50N4Na2O12S2. The van der Waals surface area contributed by atoms with Crippen LogP contribution in [0.25, 0.3) is 21.5 Å². The predicted molar refractivity (Wildman–Crippen MR) is 242 cm³/mol. The quantitative estimate of drug-likeness (QED) is 0.0165. The van der Waals surface area contributed by atoms with Crippen molar-refractivity contribution in [3.8, 4) is 23.0 Å². The predicted octanol–water partition coefficient (Wildman–Crippen LogP) is 8.62. The SMILES string of the molecule is CCCCCCCCCCCCNC(=O)c1cc(OCCOc2ccc(N=Nc3c(S(=O)(=O)O)cc4cc(S(=O)(=O)O)cc(NC(C)=O)c4c3O)cc2)c2ccccc2c1O.[Na].[Na]. The van der Waals surface area contributed by atoms with Crippen molar-refractivity contribution in [3.63, 3.8) is 0 Å². The van der Waals surface area contributed by atoms with Crippen LogP contribution in [0.15, 0.2) is 92.8 Å². The number of ether oxygens (including phenoxy) is 2. The zero-order valence-corrected chi connectivity index (χ0v) is 41.5. The monoisotopic (exact) mass is 924 g/mol. The number of phenolic OH excluding ortho intramolecular Hbond substituents is 2. The number of carbonyl (C=O) groups excluding carboxylic acids is 2. The topological polar surface area (TPSA) is 251 Å². The molecule has 2 amide bonds. The molecule has 0 aliphatic heterocycles. The minimum Gasteiger partial charge on any atom is -0.506 e. The summed E-state index contributed by atoms with van der Waals surface area (Å²) in [5.74, 6) is -1.29. The molecule has 0 bridgehead atoms. The van der Waals surface area contributed by atoms with Crippen molar-refractivity contribution in [2.24, 2.45) is 10.2 Å². The number of hydrogen-bond donors (Lipinski definition) is 6. The first-order chi connectivity index (χ1) is 29.1. The van der Waals surface area contributed by atoms with E-state index in [0.29, 0.717) is 28.8 Å². The summed E-state index contributed by atoms with van der Waals surface area (Å²) in [6, 6.07) is 17.1. The zero-order valence-electron chi connectivity index (χ0n) is 35.9. The second-order valence-corrected chi connectivity index (χ2v) is 17.2. The van der Waals surface area contributed by atoms with E-state index >= 15 is 0 Å². The van der Waals surface area contributed by atoms with Crippen LogP contribution < -0.4 is 20.1 Å². The molecule has 20 heteroatoms. The number of carbonyl (C=O) groups is 2. The number of amides is 2. The average Bonchev–Trinajstić information content (AvgIpc) is 3.21. The number of rotatable bonds is 22. The fraction of sp³-hybridized carbons (Fsp3) is 0.349. The first-order valence-corrected chi connectivity index (χ1v) is 22.8. The fourth-order valence-corrected chi connectivity index (χ4v) is 7.95. The Balaban J connectivity index is 0.00000528. The van der Waals surface area contributed by atoms with Crippen molar-refractivity contribution >= 4 is 130 Å². The molecule has 5 aromatic carbocycles. The van der Waals surface area contributed by atoms with Crippen LogP contribution in [-0.4, -0.2) is 127 Å². The summed E-state index contributed by atoms with van der Waals surface area (Å²) in [5.41, 5.74) is -0.734. The van der Waals surface area contributed by atoms with E-state index in [2.05, 4.69) is 27.8 Å². The van der Waals surface area contributed by atoms with E-state index in [1.807, 2.05) is 0 Å². The maximum atomic E-state index is 13.2. The molecule has 0 saturated heterocycles. The van der Waals surface area contributed by atoms with E-state index in [-0.39, 0.29) is 106 Å². The van der Waals surface area contributed by atoms with Gasteiger partial charge < -0.3 is 30.3 Å². The molecule has 0 unspecified atom stereocenters. The molecule has 0 saturated carbocycles. The molecule has 2 radical (unpaired) electrons. The Labute approximate surface area is 411 Å². The fourth-order valence-electron chi connectivity index (χ4n) is 6.75. The summed E-state index contributed by atoms with van der Waals surface area (Å²) in [6.45, 7) is 3.96. The van der Waals surface area contributed by atoms with Gasteiger partial charge in [-0.1, -0.05) is 89.0 Å². The molecule has 0 spiro atoms. The van der Waals surface area contributed by atoms with Gasteiger partial charge >= 0.3 is 0 Å². The van der Waals surface area contributed by atoms with E-state index < -0.39 is 53.3 Å². The van der Waals surface area contributed by atoms with Gasteiger partial charge in [-0.05, 0) is 60.3 Å². The number of nitrogens with zero attached hydrogens (tertiary/aromatic N) is 2. The molecule has 16 nitrogen and oxygen atoms in total. The Morgan fingerprint density at radius 3 is 1.90 bits per heavy atom. The molecular weight excluding hydrogens is 875 g/mol.